The average molecular weight is 270 g/mol. The van der Waals surface area contributed by atoms with Gasteiger partial charge in [-0.2, -0.15) is 0 Å². The first kappa shape index (κ1) is 15.6. The van der Waals surface area contributed by atoms with Crippen molar-refractivity contribution in [1.29, 1.82) is 0 Å². The van der Waals surface area contributed by atoms with Crippen LogP contribution in [0.5, 0.6) is 0 Å². The number of carboxylic acid groups (broad SMARTS) is 1. The highest BCUT2D eigenvalue weighted by molar-refractivity contribution is 6.09. The smallest absolute Gasteiger partial charge is 0.290 e. The predicted molar refractivity (Wildman–Crippen MR) is 79.1 cm³/mol. The van der Waals surface area contributed by atoms with Gasteiger partial charge < -0.3 is 5.11 Å². The van der Waals surface area contributed by atoms with Gasteiger partial charge in [-0.05, 0) is 17.5 Å². The summed E-state index contributed by atoms with van der Waals surface area (Å²) in [5, 5.41) is 6.89. The molecule has 0 saturated carbocycles. The standard InChI is InChI=1S/C16H16O.CH2O2/c1-12(2)14-9-6-10-15(11-14)16(17)13-7-4-3-5-8-13;2-1-3/h3-12H,1-2H3;1H,(H,2,3). The summed E-state index contributed by atoms with van der Waals surface area (Å²) in [5.74, 6) is 0.534. The molecule has 0 aliphatic rings. The molecule has 0 aliphatic carbocycles. The van der Waals surface area contributed by atoms with Gasteiger partial charge in [-0.25, -0.2) is 0 Å². The molecule has 0 atom stereocenters. The Morgan fingerprint density at radius 1 is 1.00 bits per heavy atom. The van der Waals surface area contributed by atoms with Crippen LogP contribution in [0.4, 0.5) is 0 Å². The quantitative estimate of drug-likeness (QED) is 0.682. The maximum absolute atomic E-state index is 12.2. The second kappa shape index (κ2) is 7.89. The third-order valence-electron chi connectivity index (χ3n) is 2.85. The van der Waals surface area contributed by atoms with E-state index in [0.29, 0.717) is 5.92 Å². The fourth-order valence-corrected chi connectivity index (χ4v) is 1.80. The topological polar surface area (TPSA) is 54.4 Å². The van der Waals surface area contributed by atoms with Gasteiger partial charge in [0, 0.05) is 11.1 Å². The lowest BCUT2D eigenvalue weighted by molar-refractivity contribution is -0.122. The molecule has 0 saturated heterocycles. The first-order valence-electron chi connectivity index (χ1n) is 6.37. The second-order valence-electron chi connectivity index (χ2n) is 4.58. The minimum Gasteiger partial charge on any atom is -0.483 e. The van der Waals surface area contributed by atoms with Crippen LogP contribution in [0, 0.1) is 0 Å². The Kier molecular flexibility index (Phi) is 6.17. The molecule has 0 fully saturated rings. The molecule has 0 amide bonds. The summed E-state index contributed by atoms with van der Waals surface area (Å²) in [6, 6.07) is 17.3. The van der Waals surface area contributed by atoms with E-state index >= 15 is 0 Å². The number of hydrogen-bond acceptors (Lipinski definition) is 2. The number of hydrogen-bond donors (Lipinski definition) is 1. The Morgan fingerprint density at radius 2 is 1.55 bits per heavy atom. The molecule has 2 aromatic carbocycles. The monoisotopic (exact) mass is 270 g/mol. The average Bonchev–Trinajstić information content (AvgIpc) is 2.48. The fraction of sp³-hybridized carbons (Fsp3) is 0.176. The van der Waals surface area contributed by atoms with Crippen LogP contribution in [0.2, 0.25) is 0 Å². The lowest BCUT2D eigenvalue weighted by Gasteiger charge is -2.07. The molecule has 1 N–H and O–H groups in total. The summed E-state index contributed by atoms with van der Waals surface area (Å²) in [6.07, 6.45) is 0. The molecule has 2 rings (SSSR count). The van der Waals surface area contributed by atoms with Crippen LogP contribution in [-0.2, 0) is 4.79 Å². The zero-order chi connectivity index (χ0) is 15.0. The van der Waals surface area contributed by atoms with Gasteiger partial charge in [-0.1, -0.05) is 62.4 Å². The summed E-state index contributed by atoms with van der Waals surface area (Å²) in [5.41, 5.74) is 2.71. The van der Waals surface area contributed by atoms with Crippen LogP contribution in [-0.4, -0.2) is 17.4 Å². The van der Waals surface area contributed by atoms with Gasteiger partial charge in [0.15, 0.2) is 5.78 Å². The van der Waals surface area contributed by atoms with Crippen LogP contribution in [0.15, 0.2) is 54.6 Å². The highest BCUT2D eigenvalue weighted by atomic mass is 16.3. The molecule has 3 heteroatoms. The molecule has 3 nitrogen and oxygen atoms in total. The van der Waals surface area contributed by atoms with Gasteiger partial charge in [-0.3, -0.25) is 9.59 Å². The number of rotatable bonds is 3. The summed E-state index contributed by atoms with van der Waals surface area (Å²) in [4.78, 5) is 20.6. The van der Waals surface area contributed by atoms with Crippen LogP contribution in [0.1, 0.15) is 41.3 Å². The molecule has 104 valence electrons. The van der Waals surface area contributed by atoms with Crippen molar-refractivity contribution >= 4 is 12.3 Å². The normalized spacial score (nSPS) is 9.55. The van der Waals surface area contributed by atoms with Crippen molar-refractivity contribution < 1.29 is 14.7 Å². The van der Waals surface area contributed by atoms with Crippen molar-refractivity contribution in [3.05, 3.63) is 71.3 Å². The van der Waals surface area contributed by atoms with Crippen LogP contribution in [0.3, 0.4) is 0 Å². The minimum absolute atomic E-state index is 0.0908. The third-order valence-corrected chi connectivity index (χ3v) is 2.85. The van der Waals surface area contributed by atoms with Crippen LogP contribution < -0.4 is 0 Å². The summed E-state index contributed by atoms with van der Waals surface area (Å²) in [7, 11) is 0. The van der Waals surface area contributed by atoms with Gasteiger partial charge in [0.1, 0.15) is 0 Å². The second-order valence-corrected chi connectivity index (χ2v) is 4.58. The van der Waals surface area contributed by atoms with E-state index in [1.54, 1.807) is 0 Å². The molecule has 0 aliphatic heterocycles. The fourth-order valence-electron chi connectivity index (χ4n) is 1.80. The maximum atomic E-state index is 12.2. The molecule has 20 heavy (non-hydrogen) atoms. The molecule has 2 aromatic rings. The van der Waals surface area contributed by atoms with Gasteiger partial charge in [0.25, 0.3) is 6.47 Å². The first-order valence-corrected chi connectivity index (χ1v) is 6.37. The van der Waals surface area contributed by atoms with Crippen molar-refractivity contribution in [1.82, 2.24) is 0 Å². The van der Waals surface area contributed by atoms with Crippen LogP contribution >= 0.6 is 0 Å². The van der Waals surface area contributed by atoms with Gasteiger partial charge in [0.05, 0.1) is 0 Å². The molecule has 0 spiro atoms. The number of carbonyl (C=O) groups excluding carboxylic acids is 1. The number of ketones is 1. The van der Waals surface area contributed by atoms with E-state index < -0.39 is 0 Å². The Bertz CT molecular complexity index is 559. The Morgan fingerprint density at radius 3 is 2.10 bits per heavy atom. The van der Waals surface area contributed by atoms with Crippen molar-refractivity contribution in [2.24, 2.45) is 0 Å². The first-order chi connectivity index (χ1) is 9.60. The lowest BCUT2D eigenvalue weighted by Crippen LogP contribution is -2.02. The van der Waals surface area contributed by atoms with E-state index in [0.717, 1.165) is 11.1 Å². The Hall–Kier alpha value is -2.42. The van der Waals surface area contributed by atoms with E-state index in [1.165, 1.54) is 5.56 Å². The molecular weight excluding hydrogens is 252 g/mol. The van der Waals surface area contributed by atoms with E-state index in [-0.39, 0.29) is 12.3 Å². The minimum atomic E-state index is -0.250. The largest absolute Gasteiger partial charge is 0.483 e. The van der Waals surface area contributed by atoms with E-state index in [9.17, 15) is 4.79 Å². The lowest BCUT2D eigenvalue weighted by atomic mass is 9.97. The SMILES string of the molecule is CC(C)c1cccc(C(=O)c2ccccc2)c1.O=CO. The van der Waals surface area contributed by atoms with Gasteiger partial charge in [-0.15, -0.1) is 0 Å². The molecule has 0 radical (unpaired) electrons. The third kappa shape index (κ3) is 4.35. The van der Waals surface area contributed by atoms with Crippen LogP contribution in [0.25, 0.3) is 0 Å². The molecule has 0 heterocycles. The molecule has 0 bridgehead atoms. The van der Waals surface area contributed by atoms with Gasteiger partial charge in [0.2, 0.25) is 0 Å². The van der Waals surface area contributed by atoms with Crippen molar-refractivity contribution in [2.75, 3.05) is 0 Å². The van der Waals surface area contributed by atoms with Gasteiger partial charge >= 0.3 is 0 Å². The van der Waals surface area contributed by atoms with E-state index in [2.05, 4.69) is 19.9 Å². The Labute approximate surface area is 118 Å². The summed E-state index contributed by atoms with van der Waals surface area (Å²) < 4.78 is 0. The number of benzene rings is 2. The van der Waals surface area contributed by atoms with E-state index in [1.807, 2.05) is 48.5 Å². The van der Waals surface area contributed by atoms with Crippen molar-refractivity contribution in [3.63, 3.8) is 0 Å². The van der Waals surface area contributed by atoms with Crippen molar-refractivity contribution in [2.45, 2.75) is 19.8 Å². The summed E-state index contributed by atoms with van der Waals surface area (Å²) >= 11 is 0. The zero-order valence-electron chi connectivity index (χ0n) is 11.6. The molecule has 0 aromatic heterocycles. The summed E-state index contributed by atoms with van der Waals surface area (Å²) in [6.45, 7) is 4.01. The number of carbonyl (C=O) groups is 2. The molecular formula is C17H18O3. The Balaban J connectivity index is 0.000000612. The highest BCUT2D eigenvalue weighted by Crippen LogP contribution is 2.17. The van der Waals surface area contributed by atoms with Crippen molar-refractivity contribution in [3.8, 4) is 0 Å². The maximum Gasteiger partial charge on any atom is 0.290 e. The predicted octanol–water partition coefficient (Wildman–Crippen LogP) is 3.74. The van der Waals surface area contributed by atoms with E-state index in [4.69, 9.17) is 9.90 Å². The molecule has 0 unspecified atom stereocenters. The zero-order valence-corrected chi connectivity index (χ0v) is 11.6. The highest BCUT2D eigenvalue weighted by Gasteiger charge is 2.09.